The number of nitrogens with zero attached hydrogens (tertiary/aromatic N) is 4. The van der Waals surface area contributed by atoms with Gasteiger partial charge < -0.3 is 10.4 Å². The lowest BCUT2D eigenvalue weighted by molar-refractivity contribution is -0.124. The van der Waals surface area contributed by atoms with Crippen LogP contribution in [0.4, 0.5) is 0 Å². The van der Waals surface area contributed by atoms with Crippen LogP contribution in [-0.4, -0.2) is 43.4 Å². The Morgan fingerprint density at radius 1 is 1.36 bits per heavy atom. The molecule has 2 N–H and O–H groups in total. The first-order valence-corrected chi connectivity index (χ1v) is 7.45. The molecular formula is C14H16ClN5O2. The van der Waals surface area contributed by atoms with Gasteiger partial charge in [0.15, 0.2) is 0 Å². The average molecular weight is 322 g/mol. The molecule has 22 heavy (non-hydrogen) atoms. The molecule has 3 rings (SSSR count). The van der Waals surface area contributed by atoms with E-state index in [1.54, 1.807) is 24.3 Å². The van der Waals surface area contributed by atoms with Gasteiger partial charge in [-0.05, 0) is 48.7 Å². The van der Waals surface area contributed by atoms with Crippen LogP contribution in [0.15, 0.2) is 24.3 Å². The molecule has 0 aliphatic heterocycles. The second kappa shape index (κ2) is 6.02. The number of amides is 1. The van der Waals surface area contributed by atoms with E-state index in [2.05, 4.69) is 20.7 Å². The largest absolute Gasteiger partial charge is 0.388 e. The third-order valence-corrected chi connectivity index (χ3v) is 3.99. The maximum Gasteiger partial charge on any atom is 0.243 e. The molecule has 1 aromatic heterocycles. The van der Waals surface area contributed by atoms with Gasteiger partial charge in [0.1, 0.15) is 6.54 Å². The first-order valence-electron chi connectivity index (χ1n) is 7.07. The lowest BCUT2D eigenvalue weighted by Gasteiger charge is -2.36. The molecule has 0 saturated heterocycles. The van der Waals surface area contributed by atoms with E-state index in [0.717, 1.165) is 24.8 Å². The molecule has 8 heteroatoms. The molecule has 7 nitrogen and oxygen atoms in total. The monoisotopic (exact) mass is 321 g/mol. The number of carbonyl (C=O) groups is 1. The van der Waals surface area contributed by atoms with Crippen molar-refractivity contribution in [1.29, 1.82) is 0 Å². The number of nitrogens with one attached hydrogen (secondary N) is 1. The highest BCUT2D eigenvalue weighted by Crippen LogP contribution is 2.30. The second-order valence-electron chi connectivity index (χ2n) is 5.50. The molecule has 1 aromatic carbocycles. The number of tetrazole rings is 1. The van der Waals surface area contributed by atoms with Crippen LogP contribution in [0.5, 0.6) is 0 Å². The van der Waals surface area contributed by atoms with Crippen molar-refractivity contribution in [2.24, 2.45) is 0 Å². The van der Waals surface area contributed by atoms with E-state index < -0.39 is 5.60 Å². The zero-order valence-electron chi connectivity index (χ0n) is 11.9. The van der Waals surface area contributed by atoms with Crippen molar-refractivity contribution in [3.05, 3.63) is 29.3 Å². The Kier molecular flexibility index (Phi) is 4.08. The van der Waals surface area contributed by atoms with Crippen molar-refractivity contribution in [3.8, 4) is 11.4 Å². The van der Waals surface area contributed by atoms with Crippen LogP contribution in [0.1, 0.15) is 19.3 Å². The summed E-state index contributed by atoms with van der Waals surface area (Å²) in [6.07, 6.45) is 2.46. The number of carbonyl (C=O) groups excluding carboxylic acids is 1. The normalized spacial score (nSPS) is 16.1. The predicted octanol–water partition coefficient (Wildman–Crippen LogP) is 1.02. The zero-order valence-corrected chi connectivity index (χ0v) is 12.6. The van der Waals surface area contributed by atoms with E-state index in [9.17, 15) is 9.90 Å². The molecule has 1 heterocycles. The summed E-state index contributed by atoms with van der Waals surface area (Å²) in [5.74, 6) is 0.183. The van der Waals surface area contributed by atoms with Gasteiger partial charge in [0, 0.05) is 17.1 Å². The highest BCUT2D eigenvalue weighted by Gasteiger charge is 2.34. The fraction of sp³-hybridized carbons (Fsp3) is 0.429. The van der Waals surface area contributed by atoms with Gasteiger partial charge in [0.2, 0.25) is 11.7 Å². The van der Waals surface area contributed by atoms with E-state index in [1.807, 2.05) is 0 Å². The number of halogens is 1. The van der Waals surface area contributed by atoms with Gasteiger partial charge in [0.05, 0.1) is 5.60 Å². The van der Waals surface area contributed by atoms with E-state index in [-0.39, 0.29) is 19.0 Å². The van der Waals surface area contributed by atoms with Crippen LogP contribution in [0.2, 0.25) is 5.02 Å². The number of aliphatic hydroxyl groups is 1. The van der Waals surface area contributed by atoms with E-state index in [1.165, 1.54) is 4.80 Å². The van der Waals surface area contributed by atoms with Gasteiger partial charge in [-0.15, -0.1) is 10.2 Å². The molecule has 0 atom stereocenters. The summed E-state index contributed by atoms with van der Waals surface area (Å²) in [7, 11) is 0. The summed E-state index contributed by atoms with van der Waals surface area (Å²) in [5.41, 5.74) is 0.0414. The molecule has 1 amide bonds. The number of hydrogen-bond donors (Lipinski definition) is 2. The van der Waals surface area contributed by atoms with Crippen molar-refractivity contribution in [1.82, 2.24) is 25.5 Å². The summed E-state index contributed by atoms with van der Waals surface area (Å²) >= 11 is 5.83. The number of rotatable bonds is 5. The quantitative estimate of drug-likeness (QED) is 0.858. The highest BCUT2D eigenvalue weighted by atomic mass is 35.5. The Morgan fingerprint density at radius 3 is 2.73 bits per heavy atom. The van der Waals surface area contributed by atoms with E-state index in [4.69, 9.17) is 11.6 Å². The second-order valence-corrected chi connectivity index (χ2v) is 5.94. The molecule has 1 fully saturated rings. The topological polar surface area (TPSA) is 92.9 Å². The van der Waals surface area contributed by atoms with Gasteiger partial charge in [-0.2, -0.15) is 4.80 Å². The summed E-state index contributed by atoms with van der Waals surface area (Å²) in [6, 6.07) is 7.05. The third-order valence-electron chi connectivity index (χ3n) is 3.74. The first-order chi connectivity index (χ1) is 10.5. The van der Waals surface area contributed by atoms with Gasteiger partial charge in [-0.1, -0.05) is 11.6 Å². The SMILES string of the molecule is O=C(Cn1nnc(-c2ccc(Cl)cc2)n1)NCC1(O)CCC1. The minimum atomic E-state index is -0.736. The van der Waals surface area contributed by atoms with Crippen molar-refractivity contribution in [3.63, 3.8) is 0 Å². The maximum absolute atomic E-state index is 11.8. The Hall–Kier alpha value is -1.99. The Bertz CT molecular complexity index is 666. The minimum Gasteiger partial charge on any atom is -0.388 e. The van der Waals surface area contributed by atoms with Gasteiger partial charge in [-0.3, -0.25) is 4.79 Å². The van der Waals surface area contributed by atoms with Crippen LogP contribution < -0.4 is 5.32 Å². The molecule has 2 aromatic rings. The van der Waals surface area contributed by atoms with Gasteiger partial charge in [-0.25, -0.2) is 0 Å². The maximum atomic E-state index is 11.8. The van der Waals surface area contributed by atoms with Crippen LogP contribution in [-0.2, 0) is 11.3 Å². The summed E-state index contributed by atoms with van der Waals surface area (Å²) in [4.78, 5) is 13.0. The van der Waals surface area contributed by atoms with Crippen molar-refractivity contribution < 1.29 is 9.90 Å². The summed E-state index contributed by atoms with van der Waals surface area (Å²) < 4.78 is 0. The Balaban J connectivity index is 1.57. The fourth-order valence-electron chi connectivity index (χ4n) is 2.23. The standard InChI is InChI=1S/C14H16ClN5O2/c15-11-4-2-10(3-5-11)13-17-19-20(18-13)8-12(21)16-9-14(22)6-1-7-14/h2-5,22H,1,6-9H2,(H,16,21). The minimum absolute atomic E-state index is 0.0311. The van der Waals surface area contributed by atoms with Crippen LogP contribution in [0.25, 0.3) is 11.4 Å². The lowest BCUT2D eigenvalue weighted by Crippen LogP contribution is -2.48. The van der Waals surface area contributed by atoms with E-state index >= 15 is 0 Å². The first kappa shape index (κ1) is 14.9. The Labute approximate surface area is 132 Å². The smallest absolute Gasteiger partial charge is 0.243 e. The molecule has 0 unspecified atom stereocenters. The number of hydrogen-bond acceptors (Lipinski definition) is 5. The van der Waals surface area contributed by atoms with Gasteiger partial charge >= 0.3 is 0 Å². The molecule has 116 valence electrons. The van der Waals surface area contributed by atoms with Crippen molar-refractivity contribution >= 4 is 17.5 Å². The van der Waals surface area contributed by atoms with Crippen LogP contribution >= 0.6 is 11.6 Å². The summed E-state index contributed by atoms with van der Waals surface area (Å²) in [6.45, 7) is 0.237. The number of aromatic nitrogens is 4. The zero-order chi connectivity index (χ0) is 15.6. The van der Waals surface area contributed by atoms with Crippen LogP contribution in [0, 0.1) is 0 Å². The van der Waals surface area contributed by atoms with E-state index in [0.29, 0.717) is 10.8 Å². The molecule has 1 aliphatic carbocycles. The van der Waals surface area contributed by atoms with Crippen molar-refractivity contribution in [2.75, 3.05) is 6.54 Å². The lowest BCUT2D eigenvalue weighted by atomic mass is 9.80. The summed E-state index contributed by atoms with van der Waals surface area (Å²) in [5, 5.41) is 25.2. The van der Waals surface area contributed by atoms with Crippen LogP contribution in [0.3, 0.4) is 0 Å². The molecule has 0 bridgehead atoms. The molecular weight excluding hydrogens is 306 g/mol. The fourth-order valence-corrected chi connectivity index (χ4v) is 2.36. The van der Waals surface area contributed by atoms with Gasteiger partial charge in [0.25, 0.3) is 0 Å². The predicted molar refractivity (Wildman–Crippen MR) is 80.1 cm³/mol. The average Bonchev–Trinajstić information content (AvgIpc) is 2.92. The number of benzene rings is 1. The molecule has 0 radical (unpaired) electrons. The van der Waals surface area contributed by atoms with Crippen molar-refractivity contribution in [2.45, 2.75) is 31.4 Å². The third kappa shape index (κ3) is 3.42. The molecule has 1 saturated carbocycles. The molecule has 1 aliphatic rings. The molecule has 0 spiro atoms. The highest BCUT2D eigenvalue weighted by molar-refractivity contribution is 6.30. The Morgan fingerprint density at radius 2 is 2.09 bits per heavy atom.